The maximum atomic E-state index is 12.0. The van der Waals surface area contributed by atoms with Gasteiger partial charge >= 0.3 is 5.97 Å². The summed E-state index contributed by atoms with van der Waals surface area (Å²) in [5, 5.41) is 0. The molecule has 0 saturated heterocycles. The first-order valence-corrected chi connectivity index (χ1v) is 7.04. The molecule has 0 N–H and O–H groups in total. The number of sulfone groups is 1. The Morgan fingerprint density at radius 1 is 1.33 bits per heavy atom. The molecule has 0 saturated carbocycles. The molecule has 6 heteroatoms. The number of esters is 1. The number of hydrogen-bond donors (Lipinski definition) is 0. The third-order valence-corrected chi connectivity index (χ3v) is 4.86. The van der Waals surface area contributed by atoms with Gasteiger partial charge in [-0.2, -0.15) is 0 Å². The van der Waals surface area contributed by atoms with Gasteiger partial charge in [0, 0.05) is 12.7 Å². The number of aryl methyl sites for hydroxylation is 1. The normalized spacial score (nSPS) is 20.5. The standard InChI is InChI=1S/C12H14O5S/c1-7-4-9-10(16-2)6-18(14,15)11(9)5-8(7)12(13)17-3/h4-5,10H,6H2,1-3H3. The molecule has 5 nitrogen and oxygen atoms in total. The van der Waals surface area contributed by atoms with E-state index >= 15 is 0 Å². The first-order chi connectivity index (χ1) is 8.40. The van der Waals surface area contributed by atoms with Crippen molar-refractivity contribution in [2.75, 3.05) is 20.0 Å². The van der Waals surface area contributed by atoms with E-state index in [9.17, 15) is 13.2 Å². The van der Waals surface area contributed by atoms with E-state index in [1.54, 1.807) is 13.0 Å². The highest BCUT2D eigenvalue weighted by atomic mass is 32.2. The molecule has 1 unspecified atom stereocenters. The van der Waals surface area contributed by atoms with Crippen LogP contribution in [-0.4, -0.2) is 34.4 Å². The Labute approximate surface area is 106 Å². The van der Waals surface area contributed by atoms with Crippen molar-refractivity contribution < 1.29 is 22.7 Å². The molecule has 0 fully saturated rings. The van der Waals surface area contributed by atoms with Crippen molar-refractivity contribution in [3.63, 3.8) is 0 Å². The van der Waals surface area contributed by atoms with E-state index in [1.165, 1.54) is 20.3 Å². The molecule has 1 atom stereocenters. The number of rotatable bonds is 2. The zero-order valence-electron chi connectivity index (χ0n) is 10.4. The lowest BCUT2D eigenvalue weighted by atomic mass is 10.0. The zero-order valence-corrected chi connectivity index (χ0v) is 11.2. The molecule has 18 heavy (non-hydrogen) atoms. The van der Waals surface area contributed by atoms with E-state index in [-0.39, 0.29) is 16.2 Å². The van der Waals surface area contributed by atoms with Gasteiger partial charge in [-0.3, -0.25) is 0 Å². The lowest BCUT2D eigenvalue weighted by Gasteiger charge is -2.10. The van der Waals surface area contributed by atoms with Crippen molar-refractivity contribution in [3.05, 3.63) is 28.8 Å². The predicted octanol–water partition coefficient (Wildman–Crippen LogP) is 1.26. The highest BCUT2D eigenvalue weighted by Crippen LogP contribution is 2.37. The summed E-state index contributed by atoms with van der Waals surface area (Å²) in [6, 6.07) is 3.06. The molecule has 0 aromatic heterocycles. The molecule has 1 aliphatic rings. The summed E-state index contributed by atoms with van der Waals surface area (Å²) in [4.78, 5) is 11.7. The maximum Gasteiger partial charge on any atom is 0.338 e. The van der Waals surface area contributed by atoms with E-state index in [0.717, 1.165) is 0 Å². The summed E-state index contributed by atoms with van der Waals surface area (Å²) >= 11 is 0. The van der Waals surface area contributed by atoms with Gasteiger partial charge in [-0.1, -0.05) is 6.07 Å². The van der Waals surface area contributed by atoms with Gasteiger partial charge in [0.15, 0.2) is 9.84 Å². The Hall–Kier alpha value is -1.40. The number of methoxy groups -OCH3 is 2. The Kier molecular flexibility index (Phi) is 3.16. The molecule has 2 rings (SSSR count). The van der Waals surface area contributed by atoms with Crippen LogP contribution in [0.5, 0.6) is 0 Å². The number of carbonyl (C=O) groups is 1. The highest BCUT2D eigenvalue weighted by Gasteiger charge is 2.36. The van der Waals surface area contributed by atoms with Crippen LogP contribution in [0.3, 0.4) is 0 Å². The Morgan fingerprint density at radius 3 is 2.56 bits per heavy atom. The first-order valence-electron chi connectivity index (χ1n) is 5.39. The van der Waals surface area contributed by atoms with Gasteiger partial charge in [-0.15, -0.1) is 0 Å². The number of benzene rings is 1. The molecule has 1 heterocycles. The third-order valence-electron chi connectivity index (χ3n) is 3.10. The van der Waals surface area contributed by atoms with Crippen LogP contribution in [0.15, 0.2) is 17.0 Å². The number of carbonyl (C=O) groups excluding carboxylic acids is 1. The average molecular weight is 270 g/mol. The summed E-state index contributed by atoms with van der Waals surface area (Å²) < 4.78 is 33.7. The van der Waals surface area contributed by atoms with E-state index in [0.29, 0.717) is 11.1 Å². The second-order valence-corrected chi connectivity index (χ2v) is 6.20. The average Bonchev–Trinajstić information content (AvgIpc) is 2.58. The molecule has 0 amide bonds. The second-order valence-electron chi connectivity index (χ2n) is 4.20. The summed E-state index contributed by atoms with van der Waals surface area (Å²) in [5.74, 6) is -0.616. The van der Waals surface area contributed by atoms with Crippen molar-refractivity contribution in [1.29, 1.82) is 0 Å². The van der Waals surface area contributed by atoms with Gasteiger partial charge in [0.2, 0.25) is 0 Å². The summed E-state index contributed by atoms with van der Waals surface area (Å²) in [5.41, 5.74) is 1.57. The van der Waals surface area contributed by atoms with Gasteiger partial charge in [-0.25, -0.2) is 13.2 Å². The fourth-order valence-electron chi connectivity index (χ4n) is 2.14. The predicted molar refractivity (Wildman–Crippen MR) is 64.3 cm³/mol. The van der Waals surface area contributed by atoms with E-state index < -0.39 is 21.9 Å². The fraction of sp³-hybridized carbons (Fsp3) is 0.417. The molecular weight excluding hydrogens is 256 g/mol. The van der Waals surface area contributed by atoms with E-state index in [2.05, 4.69) is 4.74 Å². The van der Waals surface area contributed by atoms with Gasteiger partial charge in [0.1, 0.15) is 0 Å². The van der Waals surface area contributed by atoms with Crippen LogP contribution in [0, 0.1) is 6.92 Å². The zero-order chi connectivity index (χ0) is 13.5. The third kappa shape index (κ3) is 1.91. The highest BCUT2D eigenvalue weighted by molar-refractivity contribution is 7.91. The van der Waals surface area contributed by atoms with Crippen LogP contribution >= 0.6 is 0 Å². The molecule has 0 bridgehead atoms. The monoisotopic (exact) mass is 270 g/mol. The van der Waals surface area contributed by atoms with Crippen LogP contribution in [-0.2, 0) is 19.3 Å². The van der Waals surface area contributed by atoms with Gasteiger partial charge in [0.25, 0.3) is 0 Å². The first kappa shape index (κ1) is 13.0. The van der Waals surface area contributed by atoms with Crippen LogP contribution in [0.4, 0.5) is 0 Å². The molecule has 0 aliphatic carbocycles. The molecule has 1 aromatic carbocycles. The van der Waals surface area contributed by atoms with E-state index in [1.807, 2.05) is 0 Å². The molecule has 0 radical (unpaired) electrons. The van der Waals surface area contributed by atoms with Crippen LogP contribution in [0.1, 0.15) is 27.6 Å². The summed E-state index contributed by atoms with van der Waals surface area (Å²) in [7, 11) is -0.644. The number of hydrogen-bond acceptors (Lipinski definition) is 5. The Balaban J connectivity index is 2.66. The minimum Gasteiger partial charge on any atom is -0.465 e. The molecule has 1 aromatic rings. The lowest BCUT2D eigenvalue weighted by Crippen LogP contribution is -2.06. The van der Waals surface area contributed by atoms with Crippen molar-refractivity contribution in [2.24, 2.45) is 0 Å². The summed E-state index contributed by atoms with van der Waals surface area (Å²) in [6.07, 6.45) is -0.463. The van der Waals surface area contributed by atoms with Crippen LogP contribution in [0.25, 0.3) is 0 Å². The fourth-order valence-corrected chi connectivity index (χ4v) is 3.88. The molecule has 98 valence electrons. The Bertz CT molecular complexity index is 603. The molecular formula is C12H14O5S. The van der Waals surface area contributed by atoms with Crippen molar-refractivity contribution >= 4 is 15.8 Å². The lowest BCUT2D eigenvalue weighted by molar-refractivity contribution is 0.0599. The second kappa shape index (κ2) is 4.37. The minimum absolute atomic E-state index is 0.0805. The molecule has 1 aliphatic heterocycles. The Morgan fingerprint density at radius 2 is 2.00 bits per heavy atom. The number of ether oxygens (including phenoxy) is 2. The van der Waals surface area contributed by atoms with Gasteiger partial charge < -0.3 is 9.47 Å². The van der Waals surface area contributed by atoms with Gasteiger partial charge in [-0.05, 0) is 18.6 Å². The number of fused-ring (bicyclic) bond motifs is 1. The summed E-state index contributed by atoms with van der Waals surface area (Å²) in [6.45, 7) is 1.74. The quantitative estimate of drug-likeness (QED) is 0.757. The maximum absolute atomic E-state index is 12.0. The van der Waals surface area contributed by atoms with Crippen molar-refractivity contribution in [1.82, 2.24) is 0 Å². The minimum atomic E-state index is -3.38. The smallest absolute Gasteiger partial charge is 0.338 e. The topological polar surface area (TPSA) is 69.7 Å². The molecule has 0 spiro atoms. The van der Waals surface area contributed by atoms with Crippen molar-refractivity contribution in [2.45, 2.75) is 17.9 Å². The van der Waals surface area contributed by atoms with Crippen molar-refractivity contribution in [3.8, 4) is 0 Å². The van der Waals surface area contributed by atoms with Gasteiger partial charge in [0.05, 0.1) is 29.4 Å². The largest absolute Gasteiger partial charge is 0.465 e. The van der Waals surface area contributed by atoms with Crippen LogP contribution < -0.4 is 0 Å². The SMILES string of the molecule is COC(=O)c1cc2c(cc1C)C(OC)CS2(=O)=O. The van der Waals surface area contributed by atoms with E-state index in [4.69, 9.17) is 4.74 Å². The van der Waals surface area contributed by atoms with Crippen LogP contribution in [0.2, 0.25) is 0 Å².